The van der Waals surface area contributed by atoms with Crippen LogP contribution in [0.4, 0.5) is 4.79 Å². The predicted molar refractivity (Wildman–Crippen MR) is 123 cm³/mol. The van der Waals surface area contributed by atoms with Gasteiger partial charge in [0.15, 0.2) is 0 Å². The number of aliphatic carboxylic acids is 1. The van der Waals surface area contributed by atoms with Gasteiger partial charge in [-0.1, -0.05) is 68.3 Å². The normalized spacial score (nSPS) is 14.0. The van der Waals surface area contributed by atoms with Gasteiger partial charge in [-0.2, -0.15) is 0 Å². The zero-order chi connectivity index (χ0) is 23.8. The molecule has 33 heavy (non-hydrogen) atoms. The minimum atomic E-state index is -1.38. The number of alkyl carbamates (subject to hydrolysis) is 1. The van der Waals surface area contributed by atoms with Crippen molar-refractivity contribution in [2.75, 3.05) is 13.2 Å². The molecule has 4 N–H and O–H groups in total. The highest BCUT2D eigenvalue weighted by Crippen LogP contribution is 2.44. The van der Waals surface area contributed by atoms with Crippen LogP contribution in [0.1, 0.15) is 49.7 Å². The second kappa shape index (κ2) is 11.5. The summed E-state index contributed by atoms with van der Waals surface area (Å²) in [5.41, 5.74) is 4.49. The third kappa shape index (κ3) is 6.10. The molecule has 3 rings (SSSR count). The molecule has 2 amide bonds. The molecule has 8 heteroatoms. The maximum Gasteiger partial charge on any atom is 0.407 e. The molecule has 0 bridgehead atoms. The fourth-order valence-electron chi connectivity index (χ4n) is 4.15. The summed E-state index contributed by atoms with van der Waals surface area (Å²) >= 11 is 0. The largest absolute Gasteiger partial charge is 0.480 e. The molecule has 0 radical (unpaired) electrons. The molecule has 0 spiro atoms. The number of unbranched alkanes of at least 4 members (excludes halogenated alkanes) is 1. The van der Waals surface area contributed by atoms with Gasteiger partial charge in [0.05, 0.1) is 6.61 Å². The molecule has 0 saturated heterocycles. The van der Waals surface area contributed by atoms with Crippen LogP contribution in [0.2, 0.25) is 0 Å². The molecule has 176 valence electrons. The maximum atomic E-state index is 12.6. The lowest BCUT2D eigenvalue weighted by Gasteiger charge is -2.20. The average molecular weight is 455 g/mol. The maximum absolute atomic E-state index is 12.6. The van der Waals surface area contributed by atoms with Gasteiger partial charge in [0.1, 0.15) is 12.6 Å². The van der Waals surface area contributed by atoms with Crippen LogP contribution in [0.3, 0.4) is 0 Å². The third-order valence-electron chi connectivity index (χ3n) is 5.82. The van der Waals surface area contributed by atoms with Crippen molar-refractivity contribution in [2.24, 2.45) is 0 Å². The van der Waals surface area contributed by atoms with Gasteiger partial charge in [0.2, 0.25) is 5.91 Å². The zero-order valence-electron chi connectivity index (χ0n) is 18.6. The lowest BCUT2D eigenvalue weighted by atomic mass is 9.98. The molecule has 1 unspecified atom stereocenters. The Balaban J connectivity index is 1.60. The van der Waals surface area contributed by atoms with E-state index in [4.69, 9.17) is 14.9 Å². The Bertz CT molecular complexity index is 947. The fourth-order valence-corrected chi connectivity index (χ4v) is 4.15. The van der Waals surface area contributed by atoms with E-state index in [-0.39, 0.29) is 18.9 Å². The van der Waals surface area contributed by atoms with Crippen molar-refractivity contribution >= 4 is 18.0 Å². The number of carbonyl (C=O) groups is 3. The lowest BCUT2D eigenvalue weighted by Crippen LogP contribution is -2.46. The first kappa shape index (κ1) is 24.3. The molecule has 2 aromatic carbocycles. The quantitative estimate of drug-likeness (QED) is 0.414. The van der Waals surface area contributed by atoms with E-state index in [1.807, 2.05) is 43.3 Å². The van der Waals surface area contributed by atoms with Crippen molar-refractivity contribution in [1.82, 2.24) is 10.6 Å². The first-order valence-electron chi connectivity index (χ1n) is 11.2. The number of benzene rings is 2. The van der Waals surface area contributed by atoms with E-state index in [1.165, 1.54) is 0 Å². The Hall–Kier alpha value is -3.39. The fraction of sp³-hybridized carbons (Fsp3) is 0.400. The van der Waals surface area contributed by atoms with Gasteiger partial charge in [0.25, 0.3) is 0 Å². The van der Waals surface area contributed by atoms with Crippen molar-refractivity contribution in [3.05, 3.63) is 59.7 Å². The standard InChI is InChI=1S/C25H30N2O6/c1-2-3-8-16(13-23(29)27-22(14-28)24(30)31)26-25(32)33-15-21-19-11-6-4-9-17(19)18-10-5-7-12-20(18)21/h4-7,9-12,16,21-22,28H,2-3,8,13-15H2,1H3,(H,26,32)(H,27,29)(H,30,31)/t16-,22?/m1/s1. The number of aliphatic hydroxyl groups is 1. The minimum Gasteiger partial charge on any atom is -0.480 e. The molecule has 0 fully saturated rings. The first-order chi connectivity index (χ1) is 15.9. The van der Waals surface area contributed by atoms with Crippen molar-refractivity contribution in [3.63, 3.8) is 0 Å². The van der Waals surface area contributed by atoms with Crippen molar-refractivity contribution < 1.29 is 29.3 Å². The Morgan fingerprint density at radius 2 is 1.61 bits per heavy atom. The topological polar surface area (TPSA) is 125 Å². The number of rotatable bonds is 11. The van der Waals surface area contributed by atoms with Gasteiger partial charge in [-0.25, -0.2) is 9.59 Å². The van der Waals surface area contributed by atoms with E-state index < -0.39 is 36.7 Å². The SMILES string of the molecule is CCCC[C@H](CC(=O)NC(CO)C(=O)O)NC(=O)OCC1c2ccccc2-c2ccccc21. The summed E-state index contributed by atoms with van der Waals surface area (Å²) in [6, 6.07) is 14.2. The molecule has 8 nitrogen and oxygen atoms in total. The first-order valence-corrected chi connectivity index (χ1v) is 11.2. The summed E-state index contributed by atoms with van der Waals surface area (Å²) in [7, 11) is 0. The van der Waals surface area contributed by atoms with Crippen LogP contribution in [0.15, 0.2) is 48.5 Å². The number of ether oxygens (including phenoxy) is 1. The summed E-state index contributed by atoms with van der Waals surface area (Å²) in [4.78, 5) is 35.8. The molecular formula is C25H30N2O6. The number of fused-ring (bicyclic) bond motifs is 3. The highest BCUT2D eigenvalue weighted by atomic mass is 16.5. The van der Waals surface area contributed by atoms with E-state index in [0.29, 0.717) is 6.42 Å². The smallest absolute Gasteiger partial charge is 0.407 e. The Morgan fingerprint density at radius 1 is 1.00 bits per heavy atom. The van der Waals surface area contributed by atoms with Gasteiger partial charge < -0.3 is 25.6 Å². The van der Waals surface area contributed by atoms with Crippen molar-refractivity contribution in [3.8, 4) is 11.1 Å². The number of carboxylic acid groups (broad SMARTS) is 1. The molecule has 0 aliphatic heterocycles. The summed E-state index contributed by atoms with van der Waals surface area (Å²) in [6.45, 7) is 1.45. The van der Waals surface area contributed by atoms with E-state index in [0.717, 1.165) is 35.1 Å². The van der Waals surface area contributed by atoms with Gasteiger partial charge in [-0.15, -0.1) is 0 Å². The Kier molecular flexibility index (Phi) is 8.43. The molecule has 2 aromatic rings. The summed E-state index contributed by atoms with van der Waals surface area (Å²) in [5.74, 6) is -1.95. The van der Waals surface area contributed by atoms with Crippen LogP contribution in [-0.2, 0) is 14.3 Å². The highest BCUT2D eigenvalue weighted by Gasteiger charge is 2.29. The molecular weight excluding hydrogens is 424 g/mol. The van der Waals surface area contributed by atoms with Crippen molar-refractivity contribution in [1.29, 1.82) is 0 Å². The summed E-state index contributed by atoms with van der Waals surface area (Å²) in [5, 5.41) is 23.1. The molecule has 0 saturated carbocycles. The monoisotopic (exact) mass is 454 g/mol. The molecule has 1 aliphatic rings. The summed E-state index contributed by atoms with van der Waals surface area (Å²) in [6.07, 6.45) is 1.48. The van der Waals surface area contributed by atoms with Gasteiger partial charge in [-0.05, 0) is 28.7 Å². The van der Waals surface area contributed by atoms with Crippen LogP contribution in [0.25, 0.3) is 11.1 Å². The van der Waals surface area contributed by atoms with Crippen LogP contribution in [0.5, 0.6) is 0 Å². The third-order valence-corrected chi connectivity index (χ3v) is 5.82. The van der Waals surface area contributed by atoms with Crippen LogP contribution < -0.4 is 10.6 Å². The Morgan fingerprint density at radius 3 is 2.15 bits per heavy atom. The predicted octanol–water partition coefficient (Wildman–Crippen LogP) is 3.04. The number of aliphatic hydroxyl groups excluding tert-OH is 1. The van der Waals surface area contributed by atoms with E-state index >= 15 is 0 Å². The molecule has 1 aliphatic carbocycles. The second-order valence-corrected chi connectivity index (χ2v) is 8.15. The second-order valence-electron chi connectivity index (χ2n) is 8.15. The average Bonchev–Trinajstić information content (AvgIpc) is 3.13. The number of amides is 2. The van der Waals surface area contributed by atoms with E-state index in [2.05, 4.69) is 22.8 Å². The minimum absolute atomic E-state index is 0.0681. The Labute approximate surface area is 193 Å². The molecule has 2 atom stereocenters. The van der Waals surface area contributed by atoms with Crippen LogP contribution in [0, 0.1) is 0 Å². The number of nitrogens with one attached hydrogen (secondary N) is 2. The zero-order valence-corrected chi connectivity index (χ0v) is 18.6. The number of hydrogen-bond acceptors (Lipinski definition) is 5. The van der Waals surface area contributed by atoms with Crippen molar-refractivity contribution in [2.45, 2.75) is 50.6 Å². The highest BCUT2D eigenvalue weighted by molar-refractivity contribution is 5.84. The van der Waals surface area contributed by atoms with Gasteiger partial charge >= 0.3 is 12.1 Å². The van der Waals surface area contributed by atoms with Crippen LogP contribution >= 0.6 is 0 Å². The van der Waals surface area contributed by atoms with E-state index in [9.17, 15) is 14.4 Å². The lowest BCUT2D eigenvalue weighted by molar-refractivity contribution is -0.143. The number of carbonyl (C=O) groups excluding carboxylic acids is 2. The van der Waals surface area contributed by atoms with Crippen LogP contribution in [-0.4, -0.2) is 53.5 Å². The summed E-state index contributed by atoms with van der Waals surface area (Å²) < 4.78 is 5.56. The van der Waals surface area contributed by atoms with Gasteiger partial charge in [-0.3, -0.25) is 4.79 Å². The van der Waals surface area contributed by atoms with E-state index in [1.54, 1.807) is 0 Å². The molecule has 0 heterocycles. The number of carboxylic acids is 1. The molecule has 0 aromatic heterocycles. The van der Waals surface area contributed by atoms with Gasteiger partial charge in [0, 0.05) is 18.4 Å². The number of hydrogen-bond donors (Lipinski definition) is 4.